The Morgan fingerprint density at radius 3 is 2.67 bits per heavy atom. The van der Waals surface area contributed by atoms with Crippen molar-refractivity contribution in [2.45, 2.75) is 32.5 Å². The number of cyclic esters (lactones) is 2. The lowest BCUT2D eigenvalue weighted by molar-refractivity contribution is -0.311. The Labute approximate surface area is 72.0 Å². The fraction of sp³-hybridized carbons (Fsp3) is 0.714. The highest BCUT2D eigenvalue weighted by molar-refractivity contribution is 5.99. The highest BCUT2D eigenvalue weighted by Crippen LogP contribution is 2.20. The van der Waals surface area contributed by atoms with Crippen LogP contribution in [0.5, 0.6) is 0 Å². The Kier molecular flexibility index (Phi) is 2.13. The second-order valence-electron chi connectivity index (χ2n) is 2.98. The molecule has 1 rings (SSSR count). The molecular weight excluding hydrogens is 159 g/mol. The second-order valence-corrected chi connectivity index (χ2v) is 2.98. The molecule has 1 saturated heterocycles. The minimum Gasteiger partial charge on any atom is -0.584 e. The average Bonchev–Trinajstić information content (AvgIpc) is 1.96. The van der Waals surface area contributed by atoms with Gasteiger partial charge in [-0.2, -0.15) is 0 Å². The topological polar surface area (TPSA) is 46.8 Å². The van der Waals surface area contributed by atoms with Crippen molar-refractivity contribution in [3.05, 3.63) is 0 Å². The summed E-state index contributed by atoms with van der Waals surface area (Å²) in [6, 6.07) is 0. The smallest absolute Gasteiger partial charge is 0.473 e. The summed E-state index contributed by atoms with van der Waals surface area (Å²) in [6.45, 7) is 5.17. The molecule has 0 unspecified atom stereocenters. The third-order valence-electron chi connectivity index (χ3n) is 1.46. The number of esters is 2. The second kappa shape index (κ2) is 2.81. The van der Waals surface area contributed by atoms with Crippen molar-refractivity contribution in [3.8, 4) is 0 Å². The van der Waals surface area contributed by atoms with Gasteiger partial charge < -0.3 is 13.8 Å². The van der Waals surface area contributed by atoms with Crippen molar-refractivity contribution in [2.75, 3.05) is 0 Å². The van der Waals surface area contributed by atoms with Crippen LogP contribution in [-0.2, 0) is 18.6 Å². The Bertz CT molecular complexity index is 234. The fourth-order valence-electron chi connectivity index (χ4n) is 0.727. The van der Waals surface area contributed by atoms with Crippen molar-refractivity contribution < 1.29 is 18.6 Å². The zero-order chi connectivity index (χ0) is 9.35. The van der Waals surface area contributed by atoms with Gasteiger partial charge >= 0.3 is 11.9 Å². The van der Waals surface area contributed by atoms with Gasteiger partial charge in [-0.3, -0.25) is 0 Å². The van der Waals surface area contributed by atoms with Crippen LogP contribution in [0.1, 0.15) is 20.8 Å². The maximum absolute atomic E-state index is 11.1. The summed E-state index contributed by atoms with van der Waals surface area (Å²) in [4.78, 5) is 11.1. The molecule has 0 bridgehead atoms. The maximum Gasteiger partial charge on any atom is 0.473 e. The molecule has 0 radical (unpaired) electrons. The van der Waals surface area contributed by atoms with Crippen LogP contribution >= 0.6 is 0 Å². The van der Waals surface area contributed by atoms with Gasteiger partial charge in [0.2, 0.25) is 0 Å². The predicted molar refractivity (Wildman–Crippen MR) is 45.7 cm³/mol. The van der Waals surface area contributed by atoms with Crippen LogP contribution in [0.2, 0.25) is 0 Å². The highest BCUT2D eigenvalue weighted by atomic mass is 16.7. The van der Waals surface area contributed by atoms with Gasteiger partial charge in [-0.1, -0.05) is 0 Å². The molecule has 0 spiro atoms. The molecule has 0 amide bonds. The molecule has 1 atom stereocenters. The highest BCUT2D eigenvalue weighted by Gasteiger charge is 2.48. The zero-order valence-electron chi connectivity index (χ0n) is 6.71. The normalized spacial score (nSPS) is 31.2. The Hall–Kier alpha value is -0.995. The van der Waals surface area contributed by atoms with Gasteiger partial charge in [0.15, 0.2) is 0 Å². The number of hydrogen-bond donors (Lipinski definition) is 0. The summed E-state index contributed by atoms with van der Waals surface area (Å²) in [5, 5.41) is 0. The van der Waals surface area contributed by atoms with E-state index in [4.69, 9.17) is 13.8 Å². The first-order valence-electron chi connectivity index (χ1n) is 3.37. The van der Waals surface area contributed by atoms with E-state index in [-0.39, 0.29) is 14.0 Å². The molecule has 1 aliphatic heterocycles. The fourth-order valence-corrected chi connectivity index (χ4v) is 0.727. The summed E-state index contributed by atoms with van der Waals surface area (Å²) in [7, 11) is -0.233. The minimum atomic E-state index is -0.717. The monoisotopic (exact) mass is 172 g/mol. The molecule has 0 aromatic rings. The first kappa shape index (κ1) is 9.10. The van der Waals surface area contributed by atoms with Crippen LogP contribution in [0.25, 0.3) is 0 Å². The van der Waals surface area contributed by atoms with E-state index in [0.29, 0.717) is 5.97 Å². The molecule has 68 valence electrons. The van der Waals surface area contributed by atoms with Gasteiger partial charge in [0.05, 0.1) is 0 Å². The van der Waals surface area contributed by atoms with Crippen LogP contribution in [0.3, 0.4) is 0 Å². The van der Waals surface area contributed by atoms with E-state index in [0.717, 1.165) is 0 Å². The van der Waals surface area contributed by atoms with E-state index in [1.165, 1.54) is 0 Å². The predicted octanol–water partition coefficient (Wildman–Crippen LogP) is -0.930. The quantitative estimate of drug-likeness (QED) is 0.269. The SMILES string of the molecule is [BH3-][O+]=C1O[C@@H](C)C(=O)OC1(C)C. The molecule has 4 nitrogen and oxygen atoms in total. The standard InChI is InChI=1S/C7H13BO4/c1-4-5(9)11-7(2,3)6(10-4)12-8/h4H,1-3,8H3/t4-/m0/s1. The van der Waals surface area contributed by atoms with Gasteiger partial charge in [0.25, 0.3) is 19.8 Å². The molecule has 1 heterocycles. The van der Waals surface area contributed by atoms with Crippen molar-refractivity contribution >= 4 is 20.0 Å². The van der Waals surface area contributed by atoms with E-state index in [1.807, 2.05) is 0 Å². The van der Waals surface area contributed by atoms with Gasteiger partial charge in [-0.25, -0.2) is 4.79 Å². The zero-order valence-corrected chi connectivity index (χ0v) is 6.71. The number of carbonyl (C=O) groups excluding carboxylic acids is 2. The van der Waals surface area contributed by atoms with E-state index in [1.54, 1.807) is 20.8 Å². The molecular formula is C7H13BO4. The first-order valence-corrected chi connectivity index (χ1v) is 3.37. The summed E-state index contributed by atoms with van der Waals surface area (Å²) in [6.07, 6.45) is -0.536. The lowest BCUT2D eigenvalue weighted by Gasteiger charge is -2.26. The Balaban J connectivity index is 2.87. The van der Waals surface area contributed by atoms with Crippen LogP contribution in [0, 0.1) is 0 Å². The first-order chi connectivity index (χ1) is 5.47. The van der Waals surface area contributed by atoms with Gasteiger partial charge in [-0.05, 0) is 13.8 Å². The molecule has 5 heteroatoms. The molecule has 0 saturated carbocycles. The van der Waals surface area contributed by atoms with Crippen LogP contribution in [0.15, 0.2) is 0 Å². The summed E-state index contributed by atoms with van der Waals surface area (Å²) in [5.74, 6) is 0.121. The van der Waals surface area contributed by atoms with Crippen LogP contribution < -0.4 is 0 Å². The number of rotatable bonds is 0. The minimum absolute atomic E-state index is 0.233. The Morgan fingerprint density at radius 2 is 2.17 bits per heavy atom. The molecule has 12 heavy (non-hydrogen) atoms. The molecule has 0 aromatic carbocycles. The summed E-state index contributed by atoms with van der Waals surface area (Å²) >= 11 is 0. The summed E-state index contributed by atoms with van der Waals surface area (Å²) in [5.41, 5.74) is -0.717. The molecule has 1 fully saturated rings. The van der Waals surface area contributed by atoms with Gasteiger partial charge in [-0.15, -0.1) is 0 Å². The largest absolute Gasteiger partial charge is 0.584 e. The summed E-state index contributed by atoms with van der Waals surface area (Å²) < 4.78 is 15.5. The average molecular weight is 172 g/mol. The van der Waals surface area contributed by atoms with E-state index in [9.17, 15) is 4.79 Å². The molecule has 0 aromatic heterocycles. The lowest BCUT2D eigenvalue weighted by atomic mass is 10.1. The van der Waals surface area contributed by atoms with Crippen molar-refractivity contribution in [2.24, 2.45) is 0 Å². The third kappa shape index (κ3) is 1.44. The van der Waals surface area contributed by atoms with E-state index in [2.05, 4.69) is 0 Å². The van der Waals surface area contributed by atoms with Gasteiger partial charge in [0, 0.05) is 6.92 Å². The third-order valence-corrected chi connectivity index (χ3v) is 1.46. The molecule has 1 aliphatic rings. The van der Waals surface area contributed by atoms with Crippen molar-refractivity contribution in [3.63, 3.8) is 0 Å². The van der Waals surface area contributed by atoms with Crippen molar-refractivity contribution in [1.82, 2.24) is 0 Å². The van der Waals surface area contributed by atoms with E-state index < -0.39 is 11.7 Å². The molecule has 0 aliphatic carbocycles. The van der Waals surface area contributed by atoms with Crippen LogP contribution in [-0.4, -0.2) is 31.7 Å². The van der Waals surface area contributed by atoms with Crippen LogP contribution in [0.4, 0.5) is 0 Å². The maximum atomic E-state index is 11.1. The number of carbonyl (C=O) groups is 1. The van der Waals surface area contributed by atoms with Gasteiger partial charge in [0.1, 0.15) is 0 Å². The van der Waals surface area contributed by atoms with E-state index >= 15 is 0 Å². The molecule has 0 N–H and O–H groups in total. The van der Waals surface area contributed by atoms with Crippen molar-refractivity contribution in [1.29, 1.82) is 0 Å². The lowest BCUT2D eigenvalue weighted by Crippen LogP contribution is -2.49. The Morgan fingerprint density at radius 1 is 1.58 bits per heavy atom. The number of ether oxygens (including phenoxy) is 2. The number of hydrogen-bond acceptors (Lipinski definition) is 3.